The van der Waals surface area contributed by atoms with Crippen molar-refractivity contribution in [2.24, 2.45) is 5.92 Å². The van der Waals surface area contributed by atoms with Gasteiger partial charge >= 0.3 is 0 Å². The molecule has 0 amide bonds. The van der Waals surface area contributed by atoms with Gasteiger partial charge in [0, 0.05) is 12.5 Å². The van der Waals surface area contributed by atoms with Gasteiger partial charge < -0.3 is 5.32 Å². The molecule has 1 aliphatic carbocycles. The Morgan fingerprint density at radius 3 is 2.70 bits per heavy atom. The van der Waals surface area contributed by atoms with Crippen LogP contribution in [-0.2, 0) is 0 Å². The molecule has 1 aliphatic rings. The first-order chi connectivity index (χ1) is 4.88. The predicted octanol–water partition coefficient (Wildman–Crippen LogP) is 1.40. The summed E-state index contributed by atoms with van der Waals surface area (Å²) in [6, 6.07) is 0.582. The first-order valence-corrected chi connectivity index (χ1v) is 3.99. The summed E-state index contributed by atoms with van der Waals surface area (Å²) in [5.41, 5.74) is 0. The molecule has 1 atom stereocenters. The Hall–Kier alpha value is -0.480. The zero-order chi connectivity index (χ0) is 7.40. The van der Waals surface area contributed by atoms with Crippen LogP contribution >= 0.6 is 0 Å². The van der Waals surface area contributed by atoms with Gasteiger partial charge in [-0.1, -0.05) is 6.42 Å². The van der Waals surface area contributed by atoms with E-state index in [-0.39, 0.29) is 0 Å². The molecule has 0 radical (unpaired) electrons. The van der Waals surface area contributed by atoms with Gasteiger partial charge in [-0.25, -0.2) is 0 Å². The van der Waals surface area contributed by atoms with Crippen LogP contribution in [-0.4, -0.2) is 13.1 Å². The second-order valence-corrected chi connectivity index (χ2v) is 2.99. The van der Waals surface area contributed by atoms with E-state index in [2.05, 4.69) is 11.2 Å². The highest BCUT2D eigenvalue weighted by molar-refractivity contribution is 4.93. The zero-order valence-electron chi connectivity index (χ0n) is 6.56. The fourth-order valence-corrected chi connectivity index (χ4v) is 1.47. The van der Waals surface area contributed by atoms with Gasteiger partial charge in [0.1, 0.15) is 0 Å². The number of hydrogen-bond acceptors (Lipinski definition) is 1. The Bertz CT molecular complexity index is 130. The van der Waals surface area contributed by atoms with Crippen molar-refractivity contribution in [2.75, 3.05) is 7.05 Å². The van der Waals surface area contributed by atoms with E-state index < -0.39 is 0 Å². The van der Waals surface area contributed by atoms with Crippen molar-refractivity contribution in [1.29, 1.82) is 0 Å². The highest BCUT2D eigenvalue weighted by Crippen LogP contribution is 2.30. The zero-order valence-corrected chi connectivity index (χ0v) is 6.56. The van der Waals surface area contributed by atoms with Crippen molar-refractivity contribution < 1.29 is 0 Å². The molecule has 10 heavy (non-hydrogen) atoms. The maximum Gasteiger partial charge on any atom is 0.0243 e. The Morgan fingerprint density at radius 2 is 2.40 bits per heavy atom. The number of terminal acetylenes is 1. The average molecular weight is 137 g/mol. The van der Waals surface area contributed by atoms with E-state index in [9.17, 15) is 0 Å². The highest BCUT2D eigenvalue weighted by Gasteiger charge is 2.24. The van der Waals surface area contributed by atoms with Crippen LogP contribution in [0.25, 0.3) is 0 Å². The van der Waals surface area contributed by atoms with E-state index in [1.165, 1.54) is 19.3 Å². The van der Waals surface area contributed by atoms with Crippen molar-refractivity contribution in [3.63, 3.8) is 0 Å². The molecular weight excluding hydrogens is 122 g/mol. The maximum atomic E-state index is 5.23. The van der Waals surface area contributed by atoms with Crippen molar-refractivity contribution in [1.82, 2.24) is 5.32 Å². The first-order valence-electron chi connectivity index (χ1n) is 3.99. The summed E-state index contributed by atoms with van der Waals surface area (Å²) in [5, 5.41) is 3.26. The molecule has 0 aromatic rings. The Labute approximate surface area is 63.2 Å². The summed E-state index contributed by atoms with van der Waals surface area (Å²) in [4.78, 5) is 0. The molecule has 0 aromatic heterocycles. The summed E-state index contributed by atoms with van der Waals surface area (Å²) in [7, 11) is 2.00. The molecule has 56 valence electrons. The minimum atomic E-state index is 0.582. The average Bonchev–Trinajstić information content (AvgIpc) is 1.83. The molecule has 1 fully saturated rings. The van der Waals surface area contributed by atoms with Crippen LogP contribution in [0.15, 0.2) is 0 Å². The van der Waals surface area contributed by atoms with E-state index in [0.717, 1.165) is 12.3 Å². The number of rotatable bonds is 3. The molecule has 0 heterocycles. The van der Waals surface area contributed by atoms with Gasteiger partial charge in [0.15, 0.2) is 0 Å². The Kier molecular flexibility index (Phi) is 2.77. The van der Waals surface area contributed by atoms with Crippen LogP contribution in [0, 0.1) is 18.3 Å². The van der Waals surface area contributed by atoms with Crippen molar-refractivity contribution in [3.05, 3.63) is 0 Å². The van der Waals surface area contributed by atoms with Crippen molar-refractivity contribution in [2.45, 2.75) is 31.7 Å². The maximum absolute atomic E-state index is 5.23. The van der Waals surface area contributed by atoms with Gasteiger partial charge in [0.05, 0.1) is 0 Å². The molecule has 0 saturated heterocycles. The standard InChI is InChI=1S/C9H15N/c1-3-5-9(10-2)8-6-4-7-8/h1,8-10H,4-7H2,2H3. The lowest BCUT2D eigenvalue weighted by Gasteiger charge is -2.32. The molecule has 0 aromatic carbocycles. The molecule has 1 rings (SSSR count). The predicted molar refractivity (Wildman–Crippen MR) is 43.6 cm³/mol. The molecule has 1 heteroatoms. The van der Waals surface area contributed by atoms with Crippen LogP contribution in [0.4, 0.5) is 0 Å². The smallest absolute Gasteiger partial charge is 0.0243 e. The minimum Gasteiger partial charge on any atom is -0.316 e. The molecule has 0 bridgehead atoms. The largest absolute Gasteiger partial charge is 0.316 e. The monoisotopic (exact) mass is 137 g/mol. The van der Waals surface area contributed by atoms with Crippen molar-refractivity contribution in [3.8, 4) is 12.3 Å². The van der Waals surface area contributed by atoms with Crippen molar-refractivity contribution >= 4 is 0 Å². The fourth-order valence-electron chi connectivity index (χ4n) is 1.47. The third-order valence-electron chi connectivity index (χ3n) is 2.43. The second-order valence-electron chi connectivity index (χ2n) is 2.99. The fraction of sp³-hybridized carbons (Fsp3) is 0.778. The van der Waals surface area contributed by atoms with E-state index in [4.69, 9.17) is 6.42 Å². The second kappa shape index (κ2) is 3.63. The van der Waals surface area contributed by atoms with Crippen LogP contribution in [0.3, 0.4) is 0 Å². The molecule has 1 N–H and O–H groups in total. The van der Waals surface area contributed by atoms with Gasteiger partial charge in [0.25, 0.3) is 0 Å². The topological polar surface area (TPSA) is 12.0 Å². The summed E-state index contributed by atoms with van der Waals surface area (Å²) in [6.07, 6.45) is 10.3. The third kappa shape index (κ3) is 1.52. The summed E-state index contributed by atoms with van der Waals surface area (Å²) in [5.74, 6) is 3.57. The summed E-state index contributed by atoms with van der Waals surface area (Å²) < 4.78 is 0. The lowest BCUT2D eigenvalue weighted by Crippen LogP contribution is -2.36. The molecule has 1 nitrogen and oxygen atoms in total. The van der Waals surface area contributed by atoms with E-state index in [0.29, 0.717) is 6.04 Å². The molecule has 0 aliphatic heterocycles. The summed E-state index contributed by atoms with van der Waals surface area (Å²) >= 11 is 0. The van der Waals surface area contributed by atoms with E-state index >= 15 is 0 Å². The molecule has 0 spiro atoms. The van der Waals surface area contributed by atoms with Crippen LogP contribution in [0.5, 0.6) is 0 Å². The van der Waals surface area contributed by atoms with Gasteiger partial charge in [-0.05, 0) is 25.8 Å². The molecule has 1 saturated carbocycles. The molecule has 1 unspecified atom stereocenters. The van der Waals surface area contributed by atoms with Gasteiger partial charge in [-0.3, -0.25) is 0 Å². The van der Waals surface area contributed by atoms with Crippen LogP contribution in [0.1, 0.15) is 25.7 Å². The molecular formula is C9H15N. The highest BCUT2D eigenvalue weighted by atomic mass is 14.9. The van der Waals surface area contributed by atoms with E-state index in [1.807, 2.05) is 7.05 Å². The van der Waals surface area contributed by atoms with Crippen LogP contribution in [0.2, 0.25) is 0 Å². The van der Waals surface area contributed by atoms with Gasteiger partial charge in [-0.2, -0.15) is 0 Å². The quantitative estimate of drug-likeness (QED) is 0.580. The Balaban J connectivity index is 2.26. The van der Waals surface area contributed by atoms with Crippen LogP contribution < -0.4 is 5.32 Å². The Morgan fingerprint density at radius 1 is 1.70 bits per heavy atom. The minimum absolute atomic E-state index is 0.582. The third-order valence-corrected chi connectivity index (χ3v) is 2.43. The SMILES string of the molecule is C#CCC(NC)C1CCC1. The lowest BCUT2D eigenvalue weighted by atomic mass is 9.79. The first kappa shape index (κ1) is 7.63. The van der Waals surface area contributed by atoms with Gasteiger partial charge in [0.2, 0.25) is 0 Å². The van der Waals surface area contributed by atoms with E-state index in [1.54, 1.807) is 0 Å². The van der Waals surface area contributed by atoms with Gasteiger partial charge in [-0.15, -0.1) is 12.3 Å². The lowest BCUT2D eigenvalue weighted by molar-refractivity contribution is 0.239. The summed E-state index contributed by atoms with van der Waals surface area (Å²) in [6.45, 7) is 0. The number of nitrogens with one attached hydrogen (secondary N) is 1. The number of hydrogen-bond donors (Lipinski definition) is 1. The normalized spacial score (nSPS) is 21.2.